The first-order valence-electron chi connectivity index (χ1n) is 11.7. The highest BCUT2D eigenvalue weighted by Crippen LogP contribution is 2.24. The molecule has 2 aromatic heterocycles. The van der Waals surface area contributed by atoms with Crippen molar-refractivity contribution in [2.24, 2.45) is 0 Å². The molecule has 1 aromatic carbocycles. The van der Waals surface area contributed by atoms with E-state index in [1.54, 1.807) is 25.1 Å². The first kappa shape index (κ1) is 23.6. The molecule has 0 spiro atoms. The molecule has 1 aliphatic rings. The van der Waals surface area contributed by atoms with Crippen LogP contribution in [0.15, 0.2) is 40.8 Å². The first-order chi connectivity index (χ1) is 16.4. The Balaban J connectivity index is 1.60. The van der Waals surface area contributed by atoms with Gasteiger partial charge in [-0.1, -0.05) is 32.3 Å². The minimum Gasteiger partial charge on any atom is -0.458 e. The van der Waals surface area contributed by atoms with Crippen molar-refractivity contribution in [2.75, 3.05) is 4.90 Å². The number of tetrazole rings is 1. The van der Waals surface area contributed by atoms with Gasteiger partial charge in [0.15, 0.2) is 5.76 Å². The molecule has 2 amide bonds. The fraction of sp³-hybridized carbons (Fsp3) is 0.458. The third-order valence-electron chi connectivity index (χ3n) is 5.92. The highest BCUT2D eigenvalue weighted by atomic mass is 19.1. The normalized spacial score (nSPS) is 14.8. The molecular weight excluding hydrogens is 439 g/mol. The maximum absolute atomic E-state index is 14.1. The molecule has 1 fully saturated rings. The Morgan fingerprint density at radius 2 is 2.06 bits per heavy atom. The maximum atomic E-state index is 14.1. The Morgan fingerprint density at radius 1 is 1.26 bits per heavy atom. The van der Waals surface area contributed by atoms with E-state index in [0.717, 1.165) is 30.5 Å². The lowest BCUT2D eigenvalue weighted by Crippen LogP contribution is -2.52. The monoisotopic (exact) mass is 468 g/mol. The van der Waals surface area contributed by atoms with Gasteiger partial charge in [-0.25, -0.2) is 4.39 Å². The van der Waals surface area contributed by atoms with Crippen LogP contribution in [-0.4, -0.2) is 44.1 Å². The summed E-state index contributed by atoms with van der Waals surface area (Å²) in [5.74, 6) is 0.238. The van der Waals surface area contributed by atoms with E-state index in [0.29, 0.717) is 30.0 Å². The standard InChI is InChI=1S/C24H29FN6O3/c1-3-7-20(24(33)26-18-9-4-5-10-18)31(19-11-6-8-17(25)14-19)22(32)15-30-28-23(27-29-30)21-13-12-16(2)34-21/h6,8,11-14,18,20H,3-5,7,9-10,15H2,1-2H3,(H,26,33)/t20-/m1/s1. The van der Waals surface area contributed by atoms with Crippen molar-refractivity contribution in [2.45, 2.75) is 71.0 Å². The van der Waals surface area contributed by atoms with E-state index in [4.69, 9.17) is 4.42 Å². The van der Waals surface area contributed by atoms with Crippen LogP contribution in [0.4, 0.5) is 10.1 Å². The van der Waals surface area contributed by atoms with Gasteiger partial charge >= 0.3 is 0 Å². The van der Waals surface area contributed by atoms with Crippen LogP contribution in [0.25, 0.3) is 11.6 Å². The number of carbonyl (C=O) groups is 2. The zero-order valence-electron chi connectivity index (χ0n) is 19.4. The number of amides is 2. The van der Waals surface area contributed by atoms with Gasteiger partial charge in [-0.05, 0) is 61.7 Å². The average Bonchev–Trinajstić information content (AvgIpc) is 3.56. The third kappa shape index (κ3) is 5.49. The van der Waals surface area contributed by atoms with Crippen LogP contribution in [0.5, 0.6) is 0 Å². The number of nitrogens with one attached hydrogen (secondary N) is 1. The van der Waals surface area contributed by atoms with Gasteiger partial charge in [0.25, 0.3) is 5.91 Å². The number of aromatic nitrogens is 4. The summed E-state index contributed by atoms with van der Waals surface area (Å²) in [6.07, 6.45) is 5.11. The Kier molecular flexibility index (Phi) is 7.34. The van der Waals surface area contributed by atoms with E-state index in [-0.39, 0.29) is 24.3 Å². The molecule has 0 radical (unpaired) electrons. The van der Waals surface area contributed by atoms with Crippen LogP contribution in [0.2, 0.25) is 0 Å². The molecule has 0 unspecified atom stereocenters. The van der Waals surface area contributed by atoms with Crippen LogP contribution < -0.4 is 10.2 Å². The zero-order valence-corrected chi connectivity index (χ0v) is 19.4. The van der Waals surface area contributed by atoms with Crippen molar-refractivity contribution in [1.29, 1.82) is 0 Å². The number of furan rings is 1. The second kappa shape index (κ2) is 10.6. The number of nitrogens with zero attached hydrogens (tertiary/aromatic N) is 5. The highest BCUT2D eigenvalue weighted by Gasteiger charge is 2.33. The van der Waals surface area contributed by atoms with Gasteiger partial charge in [0.05, 0.1) is 0 Å². The van der Waals surface area contributed by atoms with Crippen LogP contribution in [-0.2, 0) is 16.1 Å². The lowest BCUT2D eigenvalue weighted by molar-refractivity contribution is -0.127. The molecule has 180 valence electrons. The molecule has 9 nitrogen and oxygen atoms in total. The number of anilines is 1. The summed E-state index contributed by atoms with van der Waals surface area (Å²) in [5.41, 5.74) is 0.312. The van der Waals surface area contributed by atoms with Crippen LogP contribution in [0.3, 0.4) is 0 Å². The van der Waals surface area contributed by atoms with Crippen molar-refractivity contribution in [3.63, 3.8) is 0 Å². The number of benzene rings is 1. The second-order valence-electron chi connectivity index (χ2n) is 8.59. The van der Waals surface area contributed by atoms with Gasteiger partial charge in [0.2, 0.25) is 11.7 Å². The fourth-order valence-corrected chi connectivity index (χ4v) is 4.30. The molecule has 1 saturated carbocycles. The Labute approximate surface area is 197 Å². The Bertz CT molecular complexity index is 1140. The summed E-state index contributed by atoms with van der Waals surface area (Å²) < 4.78 is 19.6. The van der Waals surface area contributed by atoms with Gasteiger partial charge in [0, 0.05) is 11.7 Å². The Morgan fingerprint density at radius 3 is 2.74 bits per heavy atom. The molecule has 2 heterocycles. The predicted octanol–water partition coefficient (Wildman–Crippen LogP) is 3.64. The van der Waals surface area contributed by atoms with Crippen LogP contribution in [0, 0.1) is 12.7 Å². The number of aryl methyl sites for hydroxylation is 1. The maximum Gasteiger partial charge on any atom is 0.251 e. The van der Waals surface area contributed by atoms with Crippen LogP contribution in [0.1, 0.15) is 51.2 Å². The van der Waals surface area contributed by atoms with Gasteiger partial charge in [-0.15, -0.1) is 10.2 Å². The van der Waals surface area contributed by atoms with Crippen molar-refractivity contribution < 1.29 is 18.4 Å². The number of halogens is 1. The SMILES string of the molecule is CCC[C@H](C(=O)NC1CCCC1)N(C(=O)Cn1nnc(-c2ccc(C)o2)n1)c1cccc(F)c1. The number of hydrogen-bond donors (Lipinski definition) is 1. The molecule has 4 rings (SSSR count). The van der Waals surface area contributed by atoms with Gasteiger partial charge < -0.3 is 9.73 Å². The second-order valence-corrected chi connectivity index (χ2v) is 8.59. The summed E-state index contributed by atoms with van der Waals surface area (Å²) in [6, 6.07) is 8.54. The summed E-state index contributed by atoms with van der Waals surface area (Å²) in [6.45, 7) is 3.49. The van der Waals surface area contributed by atoms with Crippen molar-refractivity contribution in [3.8, 4) is 11.6 Å². The number of hydrogen-bond acceptors (Lipinski definition) is 6. The summed E-state index contributed by atoms with van der Waals surface area (Å²) >= 11 is 0. The largest absolute Gasteiger partial charge is 0.458 e. The minimum atomic E-state index is -0.782. The summed E-state index contributed by atoms with van der Waals surface area (Å²) in [7, 11) is 0. The molecule has 1 N–H and O–H groups in total. The van der Waals surface area contributed by atoms with E-state index < -0.39 is 17.8 Å². The van der Waals surface area contributed by atoms with E-state index >= 15 is 0 Å². The smallest absolute Gasteiger partial charge is 0.251 e. The van der Waals surface area contributed by atoms with Crippen molar-refractivity contribution >= 4 is 17.5 Å². The first-order valence-corrected chi connectivity index (χ1v) is 11.7. The molecule has 10 heteroatoms. The van der Waals surface area contributed by atoms with Gasteiger partial charge in [-0.2, -0.15) is 4.80 Å². The van der Waals surface area contributed by atoms with E-state index in [1.165, 1.54) is 23.1 Å². The van der Waals surface area contributed by atoms with E-state index in [1.807, 2.05) is 6.92 Å². The summed E-state index contributed by atoms with van der Waals surface area (Å²) in [4.78, 5) is 29.3. The molecule has 1 aliphatic carbocycles. The molecule has 0 aliphatic heterocycles. The van der Waals surface area contributed by atoms with Crippen molar-refractivity contribution in [3.05, 3.63) is 48.0 Å². The molecule has 0 bridgehead atoms. The fourth-order valence-electron chi connectivity index (χ4n) is 4.30. The highest BCUT2D eigenvalue weighted by molar-refractivity contribution is 6.00. The van der Waals surface area contributed by atoms with E-state index in [9.17, 15) is 14.0 Å². The lowest BCUT2D eigenvalue weighted by atomic mass is 10.1. The topological polar surface area (TPSA) is 106 Å². The third-order valence-corrected chi connectivity index (χ3v) is 5.92. The lowest BCUT2D eigenvalue weighted by Gasteiger charge is -2.31. The Hall–Kier alpha value is -3.56. The number of carbonyl (C=O) groups excluding carboxylic acids is 2. The van der Waals surface area contributed by atoms with Crippen molar-refractivity contribution in [1.82, 2.24) is 25.5 Å². The molecule has 3 aromatic rings. The predicted molar refractivity (Wildman–Crippen MR) is 123 cm³/mol. The summed E-state index contributed by atoms with van der Waals surface area (Å²) in [5, 5.41) is 15.2. The molecule has 0 saturated heterocycles. The quantitative estimate of drug-likeness (QED) is 0.514. The number of rotatable bonds is 9. The average molecular weight is 469 g/mol. The van der Waals surface area contributed by atoms with Crippen LogP contribution >= 0.6 is 0 Å². The minimum absolute atomic E-state index is 0.104. The zero-order chi connectivity index (χ0) is 24.1. The van der Waals surface area contributed by atoms with E-state index in [2.05, 4.69) is 20.7 Å². The van der Waals surface area contributed by atoms with Gasteiger partial charge in [-0.3, -0.25) is 14.5 Å². The molecule has 1 atom stereocenters. The molecule has 34 heavy (non-hydrogen) atoms. The van der Waals surface area contributed by atoms with Gasteiger partial charge in [0.1, 0.15) is 24.2 Å². The molecular formula is C24H29FN6O3.